The van der Waals surface area contributed by atoms with Crippen LogP contribution in [0.4, 0.5) is 17.1 Å². The normalized spacial score (nSPS) is 11.8. The third kappa shape index (κ3) is 9.56. The van der Waals surface area contributed by atoms with Gasteiger partial charge in [-0.1, -0.05) is 54.1 Å². The van der Waals surface area contributed by atoms with Gasteiger partial charge in [0.15, 0.2) is 0 Å². The van der Waals surface area contributed by atoms with Gasteiger partial charge in [-0.2, -0.15) is 5.26 Å². The zero-order chi connectivity index (χ0) is 40.6. The van der Waals surface area contributed by atoms with Gasteiger partial charge < -0.3 is 15.1 Å². The van der Waals surface area contributed by atoms with Gasteiger partial charge in [0.2, 0.25) is 0 Å². The van der Waals surface area contributed by atoms with E-state index in [1.54, 1.807) is 28.7 Å². The van der Waals surface area contributed by atoms with Gasteiger partial charge in [0.1, 0.15) is 11.6 Å². The minimum Gasteiger partial charge on any atom is -0.486 e. The zero-order valence-corrected chi connectivity index (χ0v) is 34.0. The number of aryl methyl sites for hydroxylation is 1. The molecule has 7 nitrogen and oxygen atoms in total. The molecule has 58 heavy (non-hydrogen) atoms. The van der Waals surface area contributed by atoms with E-state index in [4.69, 9.17) is 16.9 Å². The lowest BCUT2D eigenvalue weighted by Crippen LogP contribution is -2.09. The summed E-state index contributed by atoms with van der Waals surface area (Å²) in [6, 6.07) is 42.9. The summed E-state index contributed by atoms with van der Waals surface area (Å²) < 4.78 is 0. The van der Waals surface area contributed by atoms with Crippen LogP contribution in [-0.2, 0) is 9.59 Å². The van der Waals surface area contributed by atoms with Crippen molar-refractivity contribution in [2.24, 2.45) is 0 Å². The fourth-order valence-corrected chi connectivity index (χ4v) is 9.70. The maximum Gasteiger partial charge on any atom is 0.346 e. The summed E-state index contributed by atoms with van der Waals surface area (Å²) in [6.45, 7) is 9.17. The van der Waals surface area contributed by atoms with Crippen LogP contribution in [0.5, 0.6) is 0 Å². The van der Waals surface area contributed by atoms with E-state index in [0.717, 1.165) is 67.2 Å². The van der Waals surface area contributed by atoms with Crippen molar-refractivity contribution in [3.05, 3.63) is 180 Å². The molecule has 0 saturated carbocycles. The van der Waals surface area contributed by atoms with Crippen LogP contribution < -0.4 is 4.90 Å². The van der Waals surface area contributed by atoms with E-state index in [1.807, 2.05) is 24.3 Å². The molecule has 0 aliphatic rings. The maximum atomic E-state index is 11.2. The third-order valence-corrected chi connectivity index (χ3v) is 13.3. The van der Waals surface area contributed by atoms with Crippen molar-refractivity contribution in [3.63, 3.8) is 0 Å². The Labute approximate surface area is 351 Å². The van der Waals surface area contributed by atoms with E-state index in [0.29, 0.717) is 0 Å². The fourth-order valence-electron chi connectivity index (χ4n) is 5.80. The van der Waals surface area contributed by atoms with Crippen LogP contribution in [0, 0.1) is 24.8 Å². The number of benzene rings is 3. The van der Waals surface area contributed by atoms with Crippen molar-refractivity contribution in [2.75, 3.05) is 4.90 Å². The predicted octanol–water partition coefficient (Wildman–Crippen LogP) is 13.7. The Hall–Kier alpha value is -6.86. The summed E-state index contributed by atoms with van der Waals surface area (Å²) in [7, 11) is 0. The lowest BCUT2D eigenvalue weighted by molar-refractivity contribution is -0.133. The molecule has 0 fully saturated rings. The molecule has 0 bridgehead atoms. The highest BCUT2D eigenvalue weighted by molar-refractivity contribution is 7.23. The van der Waals surface area contributed by atoms with E-state index in [1.165, 1.54) is 40.4 Å². The standard InChI is InChI=1S/C47H31N3O4S4/c1-30-3-11-34(12-4-30)50(35-13-5-31(6-14-35)9-17-37-19-23-42(55-37)44-25-21-39(57-44)27-33(29-48)46(51)52)36-15-7-32(8-16-36)10-18-38-20-24-43(56-38)45-26-22-40(58-45)28-41(49-2)47(53)54/h3-28H,1H3,(H,51,52)(H,53,54)/b17-9+,18-10+,33-27+,41-28-. The predicted molar refractivity (Wildman–Crippen MR) is 242 cm³/mol. The quantitative estimate of drug-likeness (QED) is 0.0681. The first-order valence-electron chi connectivity index (χ1n) is 17.7. The van der Waals surface area contributed by atoms with Crippen LogP contribution in [0.3, 0.4) is 0 Å². The summed E-state index contributed by atoms with van der Waals surface area (Å²) in [5.41, 5.74) is 5.82. The highest BCUT2D eigenvalue weighted by Gasteiger charge is 2.14. The number of carboxylic acid groups (broad SMARTS) is 2. The first-order valence-corrected chi connectivity index (χ1v) is 20.9. The number of thiophene rings is 4. The van der Waals surface area contributed by atoms with Gasteiger partial charge in [-0.05, 0) is 127 Å². The number of anilines is 3. The molecule has 0 aliphatic carbocycles. The first-order chi connectivity index (χ1) is 28.1. The van der Waals surface area contributed by atoms with Crippen molar-refractivity contribution >= 4 is 111 Å². The molecule has 0 atom stereocenters. The number of aliphatic carboxylic acids is 2. The van der Waals surface area contributed by atoms with E-state index in [-0.39, 0.29) is 11.3 Å². The van der Waals surface area contributed by atoms with Crippen LogP contribution in [0.15, 0.2) is 133 Å². The summed E-state index contributed by atoms with van der Waals surface area (Å²) >= 11 is 6.20. The molecular weight excluding hydrogens is 799 g/mol. The smallest absolute Gasteiger partial charge is 0.346 e. The number of hydrogen-bond acceptors (Lipinski definition) is 8. The number of nitrogens with zero attached hydrogens (tertiary/aromatic N) is 3. The average Bonchev–Trinajstić information content (AvgIpc) is 4.07. The number of rotatable bonds is 13. The van der Waals surface area contributed by atoms with Crippen molar-refractivity contribution < 1.29 is 19.8 Å². The monoisotopic (exact) mass is 829 g/mol. The average molecular weight is 830 g/mol. The second-order valence-electron chi connectivity index (χ2n) is 12.8. The topological polar surface area (TPSA) is 106 Å². The van der Waals surface area contributed by atoms with E-state index in [2.05, 4.69) is 138 Å². The maximum absolute atomic E-state index is 11.2. The molecule has 3 aromatic carbocycles. The Bertz CT molecular complexity index is 2650. The third-order valence-electron chi connectivity index (χ3n) is 8.72. The number of carbonyl (C=O) groups is 2. The molecule has 7 aromatic rings. The summed E-state index contributed by atoms with van der Waals surface area (Å²) in [6.07, 6.45) is 11.2. The molecule has 0 radical (unpaired) electrons. The summed E-state index contributed by atoms with van der Waals surface area (Å²) in [5.74, 6) is -2.46. The minimum atomic E-state index is -1.23. The molecular formula is C47H31N3O4S4. The van der Waals surface area contributed by atoms with E-state index < -0.39 is 11.9 Å². The SMILES string of the molecule is [C-]#[N+]/C(=C\c1ccc(-c2ccc(/C=C/c3ccc(N(c4ccc(C)cc4)c4ccc(/C=C/c5ccc(-c6ccc(/C=C(\C#N)C(=O)O)s6)s5)cc4)cc3)s2)s1)C(=O)O. The molecule has 4 aromatic heterocycles. The lowest BCUT2D eigenvalue weighted by Gasteiger charge is -2.26. The first kappa shape index (κ1) is 39.4. The molecule has 282 valence electrons. The molecule has 4 heterocycles. The zero-order valence-electron chi connectivity index (χ0n) is 30.7. The Morgan fingerprint density at radius 2 is 0.966 bits per heavy atom. The van der Waals surface area contributed by atoms with Crippen molar-refractivity contribution in [2.45, 2.75) is 6.92 Å². The summed E-state index contributed by atoms with van der Waals surface area (Å²) in [4.78, 5) is 35.6. The van der Waals surface area contributed by atoms with Crippen LogP contribution in [0.25, 0.3) is 60.8 Å². The van der Waals surface area contributed by atoms with Crippen molar-refractivity contribution in [1.82, 2.24) is 0 Å². The van der Waals surface area contributed by atoms with Crippen molar-refractivity contribution in [3.8, 4) is 25.6 Å². The van der Waals surface area contributed by atoms with E-state index >= 15 is 0 Å². The van der Waals surface area contributed by atoms with Crippen LogP contribution in [0.1, 0.15) is 36.2 Å². The van der Waals surface area contributed by atoms with Gasteiger partial charge in [-0.3, -0.25) is 4.79 Å². The Morgan fingerprint density at radius 3 is 1.36 bits per heavy atom. The van der Waals surface area contributed by atoms with Crippen molar-refractivity contribution in [1.29, 1.82) is 5.26 Å². The fraction of sp³-hybridized carbons (Fsp3) is 0.0213. The molecule has 7 rings (SSSR count). The molecule has 0 saturated heterocycles. The van der Waals surface area contributed by atoms with Crippen LogP contribution in [-0.4, -0.2) is 22.2 Å². The lowest BCUT2D eigenvalue weighted by atomic mass is 10.1. The Morgan fingerprint density at radius 1 is 0.569 bits per heavy atom. The molecule has 0 unspecified atom stereocenters. The number of nitriles is 1. The van der Waals surface area contributed by atoms with Gasteiger partial charge >= 0.3 is 11.9 Å². The second kappa shape index (κ2) is 17.9. The molecule has 0 spiro atoms. The minimum absolute atomic E-state index is 0.287. The van der Waals surface area contributed by atoms with Gasteiger partial charge in [-0.15, -0.1) is 45.3 Å². The molecule has 2 N–H and O–H groups in total. The van der Waals surface area contributed by atoms with Crippen LogP contribution >= 0.6 is 45.3 Å². The van der Waals surface area contributed by atoms with E-state index in [9.17, 15) is 14.7 Å². The highest BCUT2D eigenvalue weighted by Crippen LogP contribution is 2.38. The largest absolute Gasteiger partial charge is 0.486 e. The van der Waals surface area contributed by atoms with Gasteiger partial charge in [0, 0.05) is 56.1 Å². The van der Waals surface area contributed by atoms with Gasteiger partial charge in [-0.25, -0.2) is 9.64 Å². The number of carboxylic acids is 2. The molecule has 0 amide bonds. The summed E-state index contributed by atoms with van der Waals surface area (Å²) in [5, 5.41) is 27.4. The number of hydrogen-bond donors (Lipinski definition) is 2. The van der Waals surface area contributed by atoms with Crippen LogP contribution in [0.2, 0.25) is 0 Å². The van der Waals surface area contributed by atoms with Gasteiger partial charge in [0.25, 0.3) is 5.70 Å². The van der Waals surface area contributed by atoms with Gasteiger partial charge in [0.05, 0.1) is 6.57 Å². The highest BCUT2D eigenvalue weighted by atomic mass is 32.1. The Kier molecular flexibility index (Phi) is 12.2. The Balaban J connectivity index is 1.04. The second-order valence-corrected chi connectivity index (χ2v) is 17.2. The molecule has 11 heteroatoms. The molecule has 0 aliphatic heterocycles.